The third-order valence-corrected chi connectivity index (χ3v) is 4.30. The summed E-state index contributed by atoms with van der Waals surface area (Å²) in [4.78, 5) is 18.7. The molecular weight excluding hydrogens is 389 g/mol. The van der Waals surface area contributed by atoms with Gasteiger partial charge in [-0.05, 0) is 65.3 Å². The SMILES string of the molecule is O=C(CN(Cc1cccnc1)C1CC1)Nc1cccc(I)c1. The molecule has 1 amide bonds. The van der Waals surface area contributed by atoms with Crippen LogP contribution in [0.15, 0.2) is 48.8 Å². The summed E-state index contributed by atoms with van der Waals surface area (Å²) in [5, 5.41) is 2.98. The maximum absolute atomic E-state index is 12.3. The van der Waals surface area contributed by atoms with E-state index >= 15 is 0 Å². The van der Waals surface area contributed by atoms with E-state index in [1.165, 1.54) is 12.8 Å². The second kappa shape index (κ2) is 7.19. The van der Waals surface area contributed by atoms with E-state index in [4.69, 9.17) is 0 Å². The topological polar surface area (TPSA) is 45.2 Å². The number of rotatable bonds is 6. The summed E-state index contributed by atoms with van der Waals surface area (Å²) in [6, 6.07) is 12.4. The van der Waals surface area contributed by atoms with Crippen LogP contribution in [0.5, 0.6) is 0 Å². The lowest BCUT2D eigenvalue weighted by Gasteiger charge is -2.21. The zero-order valence-electron chi connectivity index (χ0n) is 12.2. The number of amides is 1. The quantitative estimate of drug-likeness (QED) is 0.748. The molecule has 114 valence electrons. The highest BCUT2D eigenvalue weighted by atomic mass is 127. The molecule has 1 N–H and O–H groups in total. The molecule has 22 heavy (non-hydrogen) atoms. The molecule has 1 heterocycles. The number of carbonyl (C=O) groups excluding carboxylic acids is 1. The number of nitrogens with one attached hydrogen (secondary N) is 1. The van der Waals surface area contributed by atoms with Crippen LogP contribution in [0.3, 0.4) is 0 Å². The first-order chi connectivity index (χ1) is 10.7. The molecule has 1 aromatic carbocycles. The van der Waals surface area contributed by atoms with E-state index < -0.39 is 0 Å². The number of aromatic nitrogens is 1. The van der Waals surface area contributed by atoms with Crippen molar-refractivity contribution in [2.24, 2.45) is 0 Å². The third kappa shape index (κ3) is 4.51. The van der Waals surface area contributed by atoms with Gasteiger partial charge >= 0.3 is 0 Å². The van der Waals surface area contributed by atoms with Crippen LogP contribution in [0, 0.1) is 3.57 Å². The summed E-state index contributed by atoms with van der Waals surface area (Å²) in [6.07, 6.45) is 6.00. The van der Waals surface area contributed by atoms with Crippen molar-refractivity contribution >= 4 is 34.2 Å². The van der Waals surface area contributed by atoms with E-state index in [-0.39, 0.29) is 5.91 Å². The van der Waals surface area contributed by atoms with Crippen LogP contribution < -0.4 is 5.32 Å². The number of hydrogen-bond acceptors (Lipinski definition) is 3. The van der Waals surface area contributed by atoms with Gasteiger partial charge in [0.2, 0.25) is 5.91 Å². The highest BCUT2D eigenvalue weighted by Gasteiger charge is 2.30. The minimum Gasteiger partial charge on any atom is -0.325 e. The van der Waals surface area contributed by atoms with Crippen molar-refractivity contribution in [3.8, 4) is 0 Å². The fourth-order valence-electron chi connectivity index (χ4n) is 2.43. The van der Waals surface area contributed by atoms with Gasteiger partial charge < -0.3 is 5.32 Å². The average molecular weight is 407 g/mol. The van der Waals surface area contributed by atoms with Crippen molar-refractivity contribution in [1.29, 1.82) is 0 Å². The summed E-state index contributed by atoms with van der Waals surface area (Å²) >= 11 is 2.24. The van der Waals surface area contributed by atoms with E-state index in [0.29, 0.717) is 12.6 Å². The zero-order chi connectivity index (χ0) is 15.4. The van der Waals surface area contributed by atoms with Crippen molar-refractivity contribution in [2.75, 3.05) is 11.9 Å². The second-order valence-electron chi connectivity index (χ2n) is 5.56. The first-order valence-corrected chi connectivity index (χ1v) is 8.47. The van der Waals surface area contributed by atoms with Gasteiger partial charge in [-0.3, -0.25) is 14.7 Å². The maximum atomic E-state index is 12.3. The van der Waals surface area contributed by atoms with E-state index in [9.17, 15) is 4.79 Å². The molecule has 0 radical (unpaired) electrons. The molecule has 0 saturated heterocycles. The molecule has 1 fully saturated rings. The highest BCUT2D eigenvalue weighted by Crippen LogP contribution is 2.28. The van der Waals surface area contributed by atoms with Gasteiger partial charge in [-0.25, -0.2) is 0 Å². The van der Waals surface area contributed by atoms with Gasteiger partial charge in [0, 0.05) is 34.2 Å². The molecule has 1 saturated carbocycles. The van der Waals surface area contributed by atoms with Crippen molar-refractivity contribution in [3.05, 3.63) is 57.9 Å². The van der Waals surface area contributed by atoms with E-state index in [1.54, 1.807) is 6.20 Å². The van der Waals surface area contributed by atoms with Gasteiger partial charge in [-0.2, -0.15) is 0 Å². The Morgan fingerprint density at radius 2 is 2.18 bits per heavy atom. The van der Waals surface area contributed by atoms with Crippen LogP contribution in [0.2, 0.25) is 0 Å². The van der Waals surface area contributed by atoms with Crippen LogP contribution in [0.25, 0.3) is 0 Å². The Kier molecular flexibility index (Phi) is 5.04. The lowest BCUT2D eigenvalue weighted by Crippen LogP contribution is -2.34. The molecule has 3 rings (SSSR count). The molecule has 1 aliphatic carbocycles. The van der Waals surface area contributed by atoms with Gasteiger partial charge in [-0.15, -0.1) is 0 Å². The number of carbonyl (C=O) groups is 1. The minimum atomic E-state index is 0.0396. The first-order valence-electron chi connectivity index (χ1n) is 7.39. The van der Waals surface area contributed by atoms with Gasteiger partial charge in [0.1, 0.15) is 0 Å². The first kappa shape index (κ1) is 15.4. The van der Waals surface area contributed by atoms with Crippen LogP contribution in [0.4, 0.5) is 5.69 Å². The smallest absolute Gasteiger partial charge is 0.238 e. The Morgan fingerprint density at radius 1 is 1.32 bits per heavy atom. The van der Waals surface area contributed by atoms with Gasteiger partial charge in [0.15, 0.2) is 0 Å². The lowest BCUT2D eigenvalue weighted by atomic mass is 10.2. The standard InChI is InChI=1S/C17H18IN3O/c18-14-4-1-5-15(9-14)20-17(22)12-21(16-6-7-16)11-13-3-2-8-19-10-13/h1-5,8-10,16H,6-7,11-12H2,(H,20,22). The molecule has 1 aliphatic rings. The van der Waals surface area contributed by atoms with Crippen molar-refractivity contribution in [3.63, 3.8) is 0 Å². The van der Waals surface area contributed by atoms with Crippen LogP contribution in [-0.4, -0.2) is 28.4 Å². The maximum Gasteiger partial charge on any atom is 0.238 e. The van der Waals surface area contributed by atoms with E-state index in [2.05, 4.69) is 43.9 Å². The Labute approximate surface area is 144 Å². The Balaban J connectivity index is 1.60. The summed E-state index contributed by atoms with van der Waals surface area (Å²) in [6.45, 7) is 1.20. The molecule has 0 bridgehead atoms. The molecule has 2 aromatic rings. The number of hydrogen-bond donors (Lipinski definition) is 1. The van der Waals surface area contributed by atoms with Gasteiger partial charge in [0.25, 0.3) is 0 Å². The average Bonchev–Trinajstić information content (AvgIpc) is 3.32. The molecule has 0 spiro atoms. The number of nitrogens with zero attached hydrogens (tertiary/aromatic N) is 2. The van der Waals surface area contributed by atoms with Gasteiger partial charge in [-0.1, -0.05) is 12.1 Å². The monoisotopic (exact) mass is 407 g/mol. The van der Waals surface area contributed by atoms with E-state index in [0.717, 1.165) is 21.4 Å². The summed E-state index contributed by atoms with van der Waals surface area (Å²) in [7, 11) is 0. The second-order valence-corrected chi connectivity index (χ2v) is 6.80. The van der Waals surface area contributed by atoms with Gasteiger partial charge in [0.05, 0.1) is 6.54 Å². The van der Waals surface area contributed by atoms with Crippen molar-refractivity contribution in [1.82, 2.24) is 9.88 Å². The highest BCUT2D eigenvalue weighted by molar-refractivity contribution is 14.1. The Hall–Kier alpha value is -1.47. The molecule has 5 heteroatoms. The zero-order valence-corrected chi connectivity index (χ0v) is 14.4. The molecule has 1 aromatic heterocycles. The summed E-state index contributed by atoms with van der Waals surface area (Å²) in [5.74, 6) is 0.0396. The lowest BCUT2D eigenvalue weighted by molar-refractivity contribution is -0.117. The number of benzene rings is 1. The fraction of sp³-hybridized carbons (Fsp3) is 0.294. The molecule has 4 nitrogen and oxygen atoms in total. The van der Waals surface area contributed by atoms with E-state index in [1.807, 2.05) is 36.5 Å². The normalized spacial score (nSPS) is 14.1. The summed E-state index contributed by atoms with van der Waals surface area (Å²) < 4.78 is 1.12. The Morgan fingerprint density at radius 3 is 2.86 bits per heavy atom. The fourth-order valence-corrected chi connectivity index (χ4v) is 2.97. The number of anilines is 1. The van der Waals surface area contributed by atoms with Crippen molar-refractivity contribution in [2.45, 2.75) is 25.4 Å². The minimum absolute atomic E-state index is 0.0396. The van der Waals surface area contributed by atoms with Crippen LogP contribution in [0.1, 0.15) is 18.4 Å². The largest absolute Gasteiger partial charge is 0.325 e. The van der Waals surface area contributed by atoms with Crippen molar-refractivity contribution < 1.29 is 4.79 Å². The number of halogens is 1. The summed E-state index contributed by atoms with van der Waals surface area (Å²) in [5.41, 5.74) is 2.01. The Bertz CT molecular complexity index is 643. The predicted molar refractivity (Wildman–Crippen MR) is 95.5 cm³/mol. The number of pyridine rings is 1. The molecular formula is C17H18IN3O. The predicted octanol–water partition coefficient (Wildman–Crippen LogP) is 3.29. The third-order valence-electron chi connectivity index (χ3n) is 3.63. The molecule has 0 atom stereocenters. The molecule has 0 aliphatic heterocycles. The van der Waals surface area contributed by atoms with Crippen LogP contribution in [-0.2, 0) is 11.3 Å². The molecule has 0 unspecified atom stereocenters. The van der Waals surface area contributed by atoms with Crippen LogP contribution >= 0.6 is 22.6 Å².